The number of carbonyl (C=O) groups excluding carboxylic acids is 5. The predicted molar refractivity (Wildman–Crippen MR) is 146 cm³/mol. The first-order chi connectivity index (χ1) is 20.9. The van der Waals surface area contributed by atoms with Crippen molar-refractivity contribution in [3.63, 3.8) is 0 Å². The lowest BCUT2D eigenvalue weighted by atomic mass is 9.94. The number of amides is 2. The van der Waals surface area contributed by atoms with Crippen molar-refractivity contribution in [2.24, 2.45) is 0 Å². The van der Waals surface area contributed by atoms with E-state index in [-0.39, 0.29) is 19.1 Å². The van der Waals surface area contributed by atoms with Crippen LogP contribution in [0, 0.1) is 0 Å². The molecule has 0 unspecified atom stereocenters. The van der Waals surface area contributed by atoms with Crippen LogP contribution in [-0.4, -0.2) is 104 Å². The molecule has 3 heterocycles. The summed E-state index contributed by atoms with van der Waals surface area (Å²) in [6, 6.07) is 7.35. The van der Waals surface area contributed by atoms with Gasteiger partial charge < -0.3 is 48.5 Å². The van der Waals surface area contributed by atoms with Crippen LogP contribution in [0.2, 0.25) is 0 Å². The maximum absolute atomic E-state index is 12.4. The van der Waals surface area contributed by atoms with Crippen molar-refractivity contribution in [2.45, 2.75) is 103 Å². The van der Waals surface area contributed by atoms with E-state index in [1.54, 1.807) is 0 Å². The van der Waals surface area contributed by atoms with E-state index >= 15 is 0 Å². The molecule has 2 bridgehead atoms. The molecule has 2 N–H and O–H groups in total. The smallest absolute Gasteiger partial charge is 0.303 e. The van der Waals surface area contributed by atoms with Gasteiger partial charge in [0.25, 0.3) is 0 Å². The van der Waals surface area contributed by atoms with Crippen LogP contribution >= 0.6 is 0 Å². The Bertz CT molecular complexity index is 1200. The number of carbonyl (C=O) groups is 5. The number of nitrogens with one attached hydrogen (secondary N) is 2. The van der Waals surface area contributed by atoms with E-state index in [0.29, 0.717) is 0 Å². The molecule has 1 aromatic carbocycles. The third-order valence-corrected chi connectivity index (χ3v) is 7.09. The van der Waals surface area contributed by atoms with Gasteiger partial charge >= 0.3 is 17.9 Å². The fourth-order valence-electron chi connectivity index (χ4n) is 5.45. The van der Waals surface area contributed by atoms with Gasteiger partial charge in [0, 0.05) is 34.6 Å². The summed E-state index contributed by atoms with van der Waals surface area (Å²) >= 11 is 0. The minimum atomic E-state index is -1.37. The highest BCUT2D eigenvalue weighted by molar-refractivity contribution is 5.74. The van der Waals surface area contributed by atoms with Gasteiger partial charge in [0.05, 0.1) is 13.2 Å². The van der Waals surface area contributed by atoms with Gasteiger partial charge in [-0.15, -0.1) is 0 Å². The van der Waals surface area contributed by atoms with E-state index < -0.39 is 91.7 Å². The molecule has 0 radical (unpaired) electrons. The summed E-state index contributed by atoms with van der Waals surface area (Å²) < 4.78 is 47.1. The molecule has 1 aromatic rings. The number of esters is 3. The minimum absolute atomic E-state index is 0.0917. The van der Waals surface area contributed by atoms with Crippen molar-refractivity contribution in [3.05, 3.63) is 35.9 Å². The van der Waals surface area contributed by atoms with Crippen molar-refractivity contribution < 1.29 is 61.9 Å². The van der Waals surface area contributed by atoms with Crippen molar-refractivity contribution in [1.29, 1.82) is 0 Å². The number of hydrogen-bond donors (Lipinski definition) is 2. The Kier molecular flexibility index (Phi) is 11.3. The number of fused-ring (bicyclic) bond motifs is 2. The summed E-state index contributed by atoms with van der Waals surface area (Å²) in [5.74, 6) is -2.99. The summed E-state index contributed by atoms with van der Waals surface area (Å²) in [4.78, 5) is 60.6. The van der Waals surface area contributed by atoms with Crippen LogP contribution in [0.4, 0.5) is 0 Å². The van der Waals surface area contributed by atoms with Gasteiger partial charge in [-0.25, -0.2) is 0 Å². The van der Waals surface area contributed by atoms with E-state index in [1.165, 1.54) is 20.8 Å². The monoisotopic (exact) mass is 622 g/mol. The molecule has 0 spiro atoms. The van der Waals surface area contributed by atoms with Crippen molar-refractivity contribution >= 4 is 29.7 Å². The standard InChI is InChI=1S/C29H38N2O13/c1-14(32)30-22-26(38-11-19-9-7-6-8-10-19)24(21-13-39-28(22)42-21)44-29-23(31-15(2)33)27(41-18(5)36)25(40-17(4)35)20(43-29)12-37-16(3)34/h6-10,20-29H,11-13H2,1-5H3,(H,30,32)(H,31,33)/t20-,21-,22-,23-,24-,25-,26-,27-,28-,29+/m1/s1. The second-order valence-corrected chi connectivity index (χ2v) is 10.7. The SMILES string of the molecule is CC(=O)N[C@H]1[C@H](O[C@H]2[C@H](OCc3ccccc3)[C@@H](NC(C)=O)[C@@H]3OC[C@H]2O3)O[C@H](COC(C)=O)[C@@H](OC(C)=O)[C@@H]1OC(C)=O. The lowest BCUT2D eigenvalue weighted by Crippen LogP contribution is -2.69. The molecule has 10 atom stereocenters. The molecule has 3 aliphatic heterocycles. The molecule has 2 amide bonds. The lowest BCUT2D eigenvalue weighted by Gasteiger charge is -2.48. The van der Waals surface area contributed by atoms with Gasteiger partial charge in [0.15, 0.2) is 24.8 Å². The summed E-state index contributed by atoms with van der Waals surface area (Å²) in [6.45, 7) is 5.93. The van der Waals surface area contributed by atoms with E-state index in [1.807, 2.05) is 30.3 Å². The van der Waals surface area contributed by atoms with Gasteiger partial charge in [-0.05, 0) is 5.56 Å². The highest BCUT2D eigenvalue weighted by Crippen LogP contribution is 2.36. The van der Waals surface area contributed by atoms with Crippen molar-refractivity contribution in [3.8, 4) is 0 Å². The molecule has 0 aromatic heterocycles. The van der Waals surface area contributed by atoms with Crippen LogP contribution in [0.25, 0.3) is 0 Å². The zero-order valence-electron chi connectivity index (χ0n) is 25.1. The average molecular weight is 623 g/mol. The van der Waals surface area contributed by atoms with E-state index in [0.717, 1.165) is 19.4 Å². The van der Waals surface area contributed by atoms with Gasteiger partial charge in [0.1, 0.15) is 43.1 Å². The molecule has 0 aliphatic carbocycles. The quantitative estimate of drug-likeness (QED) is 0.246. The highest BCUT2D eigenvalue weighted by Gasteiger charge is 2.57. The Labute approximate surface area is 254 Å². The molecule has 44 heavy (non-hydrogen) atoms. The number of hydrogen-bond acceptors (Lipinski definition) is 13. The summed E-state index contributed by atoms with van der Waals surface area (Å²) in [6.07, 6.45) is -8.43. The number of ether oxygens (including phenoxy) is 8. The maximum Gasteiger partial charge on any atom is 0.303 e. The van der Waals surface area contributed by atoms with Crippen LogP contribution in [0.15, 0.2) is 30.3 Å². The molecule has 242 valence electrons. The van der Waals surface area contributed by atoms with Gasteiger partial charge in [-0.2, -0.15) is 0 Å². The molecule has 3 saturated heterocycles. The summed E-state index contributed by atoms with van der Waals surface area (Å²) in [5, 5.41) is 5.50. The highest BCUT2D eigenvalue weighted by atomic mass is 16.8. The molecule has 3 fully saturated rings. The largest absolute Gasteiger partial charge is 0.463 e. The van der Waals surface area contributed by atoms with Crippen LogP contribution in [0.5, 0.6) is 0 Å². The Morgan fingerprint density at radius 2 is 1.41 bits per heavy atom. The summed E-state index contributed by atoms with van der Waals surface area (Å²) in [7, 11) is 0. The maximum atomic E-state index is 12.4. The molecule has 4 rings (SSSR count). The predicted octanol–water partition coefficient (Wildman–Crippen LogP) is -0.127. The molecule has 15 nitrogen and oxygen atoms in total. The second-order valence-electron chi connectivity index (χ2n) is 10.7. The van der Waals surface area contributed by atoms with E-state index in [9.17, 15) is 24.0 Å². The van der Waals surface area contributed by atoms with Gasteiger partial charge in [-0.3, -0.25) is 24.0 Å². The lowest BCUT2D eigenvalue weighted by molar-refractivity contribution is -0.314. The van der Waals surface area contributed by atoms with Crippen molar-refractivity contribution in [1.82, 2.24) is 10.6 Å². The first kappa shape index (κ1) is 33.3. The van der Waals surface area contributed by atoms with Crippen LogP contribution in [0.1, 0.15) is 40.2 Å². The van der Waals surface area contributed by atoms with Gasteiger partial charge in [-0.1, -0.05) is 30.3 Å². The van der Waals surface area contributed by atoms with Crippen LogP contribution in [-0.2, 0) is 68.5 Å². The average Bonchev–Trinajstić information content (AvgIpc) is 3.38. The van der Waals surface area contributed by atoms with Crippen LogP contribution in [0.3, 0.4) is 0 Å². The molecular weight excluding hydrogens is 584 g/mol. The number of rotatable bonds is 11. The zero-order chi connectivity index (χ0) is 32.0. The fourth-order valence-corrected chi connectivity index (χ4v) is 5.45. The Hall–Kier alpha value is -3.63. The first-order valence-electron chi connectivity index (χ1n) is 14.2. The van der Waals surface area contributed by atoms with E-state index in [4.69, 9.17) is 37.9 Å². The third-order valence-electron chi connectivity index (χ3n) is 7.09. The Morgan fingerprint density at radius 1 is 0.773 bits per heavy atom. The van der Waals surface area contributed by atoms with Gasteiger partial charge in [0.2, 0.25) is 11.8 Å². The first-order valence-corrected chi connectivity index (χ1v) is 14.2. The molecule has 3 aliphatic rings. The second kappa shape index (κ2) is 14.9. The molecular formula is C29H38N2O13. The molecule has 0 saturated carbocycles. The van der Waals surface area contributed by atoms with Crippen LogP contribution < -0.4 is 10.6 Å². The van der Waals surface area contributed by atoms with E-state index in [2.05, 4.69) is 10.6 Å². The fraction of sp³-hybridized carbons (Fsp3) is 0.621. The topological polar surface area (TPSA) is 183 Å². The minimum Gasteiger partial charge on any atom is -0.463 e. The number of benzene rings is 1. The Balaban J connectivity index is 1.70. The molecule has 15 heteroatoms. The Morgan fingerprint density at radius 3 is 2.02 bits per heavy atom. The normalized spacial score (nSPS) is 32.7. The summed E-state index contributed by atoms with van der Waals surface area (Å²) in [5.41, 5.74) is 0.859. The van der Waals surface area contributed by atoms with Crippen molar-refractivity contribution in [2.75, 3.05) is 13.2 Å². The third kappa shape index (κ3) is 8.51. The zero-order valence-corrected chi connectivity index (χ0v) is 25.1.